The minimum Gasteiger partial charge on any atom is -0.465 e. The normalized spacial score (nSPS) is 23.8. The molecule has 1 N–H and O–H groups in total. The fraction of sp³-hybridized carbons (Fsp3) is 0.615. The lowest BCUT2D eigenvalue weighted by Crippen LogP contribution is -2.59. The number of nitrogens with zero attached hydrogens (tertiary/aromatic N) is 2. The summed E-state index contributed by atoms with van der Waals surface area (Å²) in [5, 5.41) is 10.6. The van der Waals surface area contributed by atoms with Crippen molar-refractivity contribution in [1.82, 2.24) is 9.80 Å². The van der Waals surface area contributed by atoms with Crippen LogP contribution in [0.5, 0.6) is 0 Å². The van der Waals surface area contributed by atoms with E-state index in [2.05, 4.69) is 0 Å². The Morgan fingerprint density at radius 2 is 1.75 bits per heavy atom. The third-order valence-corrected chi connectivity index (χ3v) is 7.65. The Hall–Kier alpha value is -2.59. The molecule has 2 saturated heterocycles. The topological polar surface area (TPSA) is 92.5 Å². The van der Waals surface area contributed by atoms with Crippen LogP contribution in [0.3, 0.4) is 0 Å². The number of fused-ring (bicyclic) bond motifs is 1. The molecule has 8 nitrogen and oxygen atoms in total. The van der Waals surface area contributed by atoms with Gasteiger partial charge >= 0.3 is 13.2 Å². The number of piperidine rings is 1. The summed E-state index contributed by atoms with van der Waals surface area (Å²) in [7, 11) is -0.670. The number of carbonyl (C=O) groups is 2. The van der Waals surface area contributed by atoms with E-state index in [1.807, 2.05) is 40.7 Å². The maximum Gasteiger partial charge on any atom is 0.533 e. The van der Waals surface area contributed by atoms with Gasteiger partial charge < -0.3 is 23.7 Å². The summed E-state index contributed by atoms with van der Waals surface area (Å²) in [5.41, 5.74) is 0.516. The summed E-state index contributed by atoms with van der Waals surface area (Å²) < 4.78 is 33.1. The lowest BCUT2D eigenvalue weighted by atomic mass is 9.83. The van der Waals surface area contributed by atoms with Gasteiger partial charge in [0.2, 0.25) is 0 Å². The SMILES string of the molecule is Cc1c(B2OC(C)(C)C(C)(C)O2)oc2cc(C(=O)N3C[C@H](F)C[C@@H](N(C(=O)O)C(C)(C)C)C3)ccc12. The third kappa shape index (κ3) is 4.61. The smallest absolute Gasteiger partial charge is 0.465 e. The first-order valence-corrected chi connectivity index (χ1v) is 12.4. The maximum atomic E-state index is 14.7. The summed E-state index contributed by atoms with van der Waals surface area (Å²) in [6, 6.07) is 4.51. The second kappa shape index (κ2) is 8.76. The van der Waals surface area contributed by atoms with Gasteiger partial charge in [0, 0.05) is 29.5 Å². The van der Waals surface area contributed by atoms with Gasteiger partial charge in [-0.3, -0.25) is 9.69 Å². The molecule has 10 heteroatoms. The summed E-state index contributed by atoms with van der Waals surface area (Å²) in [6.07, 6.45) is -2.39. The van der Waals surface area contributed by atoms with Crippen molar-refractivity contribution in [2.45, 2.75) is 90.8 Å². The van der Waals surface area contributed by atoms with Crippen molar-refractivity contribution in [2.24, 2.45) is 0 Å². The number of carbonyl (C=O) groups excluding carboxylic acids is 1. The highest BCUT2D eigenvalue weighted by molar-refractivity contribution is 6.61. The Balaban J connectivity index is 1.60. The first-order valence-electron chi connectivity index (χ1n) is 12.4. The standard InChI is InChI=1S/C26H36BFN2O6/c1-15-19-10-9-16(11-20(19)34-21(15)27-35-25(5,6)26(7,8)36-27)22(31)29-13-17(28)12-18(14-29)30(23(32)33)24(2,3)4/h9-11,17-18H,12-14H2,1-8H3,(H,32,33)/t17-,18-/m1/s1. The molecular weight excluding hydrogens is 466 g/mol. The minimum atomic E-state index is -1.32. The molecule has 0 radical (unpaired) electrons. The van der Waals surface area contributed by atoms with Crippen molar-refractivity contribution in [1.29, 1.82) is 0 Å². The molecule has 1 aromatic carbocycles. The molecule has 196 valence electrons. The van der Waals surface area contributed by atoms with Gasteiger partial charge in [0.05, 0.1) is 23.8 Å². The van der Waals surface area contributed by atoms with E-state index in [0.717, 1.165) is 10.9 Å². The molecule has 2 aliphatic rings. The fourth-order valence-corrected chi connectivity index (χ4v) is 5.09. The molecule has 4 rings (SSSR count). The average molecular weight is 502 g/mol. The lowest BCUT2D eigenvalue weighted by Gasteiger charge is -2.45. The van der Waals surface area contributed by atoms with E-state index in [1.165, 1.54) is 9.80 Å². The van der Waals surface area contributed by atoms with E-state index in [0.29, 0.717) is 16.8 Å². The lowest BCUT2D eigenvalue weighted by molar-refractivity contribution is 0.00578. The number of rotatable bonds is 3. The minimum absolute atomic E-state index is 0.0568. The van der Waals surface area contributed by atoms with Crippen LogP contribution in [0.15, 0.2) is 22.6 Å². The largest absolute Gasteiger partial charge is 0.533 e. The van der Waals surface area contributed by atoms with E-state index in [-0.39, 0.29) is 25.4 Å². The van der Waals surface area contributed by atoms with Crippen molar-refractivity contribution in [2.75, 3.05) is 13.1 Å². The van der Waals surface area contributed by atoms with Crippen LogP contribution in [0.2, 0.25) is 0 Å². The monoisotopic (exact) mass is 502 g/mol. The molecule has 0 spiro atoms. The second-order valence-electron chi connectivity index (χ2n) is 11.9. The van der Waals surface area contributed by atoms with Crippen LogP contribution in [0.4, 0.5) is 9.18 Å². The molecule has 2 amide bonds. The van der Waals surface area contributed by atoms with Crippen molar-refractivity contribution in [3.8, 4) is 0 Å². The number of amides is 2. The van der Waals surface area contributed by atoms with Crippen LogP contribution in [0.25, 0.3) is 11.0 Å². The number of aryl methyl sites for hydroxylation is 1. The van der Waals surface area contributed by atoms with Crippen LogP contribution in [0, 0.1) is 6.92 Å². The number of hydrogen-bond acceptors (Lipinski definition) is 5. The van der Waals surface area contributed by atoms with E-state index in [9.17, 15) is 19.1 Å². The third-order valence-electron chi connectivity index (χ3n) is 7.65. The van der Waals surface area contributed by atoms with Gasteiger partial charge in [0.1, 0.15) is 17.4 Å². The summed E-state index contributed by atoms with van der Waals surface area (Å²) in [5.74, 6) is -0.366. The molecule has 3 heterocycles. The van der Waals surface area contributed by atoms with Crippen LogP contribution in [0.1, 0.15) is 70.8 Å². The van der Waals surface area contributed by atoms with Crippen molar-refractivity contribution >= 4 is 35.7 Å². The van der Waals surface area contributed by atoms with Gasteiger partial charge in [0.25, 0.3) is 5.91 Å². The van der Waals surface area contributed by atoms with E-state index >= 15 is 0 Å². The molecule has 2 aromatic rings. The summed E-state index contributed by atoms with van der Waals surface area (Å²) in [6.45, 7) is 15.1. The van der Waals surface area contributed by atoms with Crippen molar-refractivity contribution in [3.05, 3.63) is 29.3 Å². The highest BCUT2D eigenvalue weighted by atomic mass is 19.1. The van der Waals surface area contributed by atoms with Crippen LogP contribution in [-0.4, -0.2) is 76.1 Å². The van der Waals surface area contributed by atoms with Gasteiger partial charge in [-0.2, -0.15) is 0 Å². The molecule has 0 saturated carbocycles. The number of alkyl halides is 1. The van der Waals surface area contributed by atoms with E-state index in [4.69, 9.17) is 13.7 Å². The molecule has 0 unspecified atom stereocenters. The zero-order valence-electron chi connectivity index (χ0n) is 22.3. The quantitative estimate of drug-likeness (QED) is 0.627. The van der Waals surface area contributed by atoms with Gasteiger partial charge in [-0.15, -0.1) is 0 Å². The van der Waals surface area contributed by atoms with Gasteiger partial charge in [0.15, 0.2) is 0 Å². The predicted molar refractivity (Wildman–Crippen MR) is 135 cm³/mol. The van der Waals surface area contributed by atoms with Crippen LogP contribution >= 0.6 is 0 Å². The molecule has 2 atom stereocenters. The Morgan fingerprint density at radius 3 is 2.31 bits per heavy atom. The zero-order valence-corrected chi connectivity index (χ0v) is 22.3. The van der Waals surface area contributed by atoms with E-state index in [1.54, 1.807) is 32.9 Å². The average Bonchev–Trinajstić information content (AvgIpc) is 3.17. The van der Waals surface area contributed by atoms with Crippen molar-refractivity contribution in [3.63, 3.8) is 0 Å². The summed E-state index contributed by atoms with van der Waals surface area (Å²) in [4.78, 5) is 28.0. The zero-order chi connectivity index (χ0) is 26.8. The number of hydrogen-bond donors (Lipinski definition) is 1. The number of carboxylic acid groups (broad SMARTS) is 1. The Kier molecular flexibility index (Phi) is 6.45. The summed E-state index contributed by atoms with van der Waals surface area (Å²) >= 11 is 0. The number of furan rings is 1. The Bertz CT molecular complexity index is 1170. The highest BCUT2D eigenvalue weighted by Gasteiger charge is 2.53. The van der Waals surface area contributed by atoms with Gasteiger partial charge in [-0.05, 0) is 73.1 Å². The molecule has 0 bridgehead atoms. The fourth-order valence-electron chi connectivity index (χ4n) is 5.09. The molecular formula is C26H36BFN2O6. The Labute approximate surface area is 211 Å². The molecule has 2 fully saturated rings. The first-order chi connectivity index (χ1) is 16.5. The number of benzene rings is 1. The van der Waals surface area contributed by atoms with E-state index < -0.39 is 42.2 Å². The number of likely N-dealkylation sites (tertiary alicyclic amines) is 1. The molecule has 2 aliphatic heterocycles. The molecule has 36 heavy (non-hydrogen) atoms. The second-order valence-corrected chi connectivity index (χ2v) is 11.9. The first kappa shape index (κ1) is 26.5. The van der Waals surface area contributed by atoms with Crippen LogP contribution < -0.4 is 5.66 Å². The van der Waals surface area contributed by atoms with Gasteiger partial charge in [-0.1, -0.05) is 6.07 Å². The molecule has 0 aliphatic carbocycles. The molecule has 1 aromatic heterocycles. The van der Waals surface area contributed by atoms with Crippen molar-refractivity contribution < 1.29 is 32.8 Å². The predicted octanol–water partition coefficient (Wildman–Crippen LogP) is 4.37. The highest BCUT2D eigenvalue weighted by Crippen LogP contribution is 2.37. The van der Waals surface area contributed by atoms with Crippen LogP contribution in [-0.2, 0) is 9.31 Å². The Morgan fingerprint density at radius 1 is 1.14 bits per heavy atom. The number of halogens is 1. The van der Waals surface area contributed by atoms with Gasteiger partial charge in [-0.25, -0.2) is 9.18 Å². The maximum absolute atomic E-state index is 14.7.